The first-order valence-corrected chi connectivity index (χ1v) is 5.29. The fraction of sp³-hybridized carbons (Fsp3) is 0. The van der Waals surface area contributed by atoms with Crippen molar-refractivity contribution in [3.63, 3.8) is 0 Å². The Labute approximate surface area is 99.8 Å². The SMILES string of the molecule is O=C(/C=C/c1cccnc1)Nc1ccccc1. The highest BCUT2D eigenvalue weighted by Gasteiger charge is 1.95. The number of benzene rings is 1. The molecule has 0 saturated carbocycles. The van der Waals surface area contributed by atoms with Crippen molar-refractivity contribution >= 4 is 17.7 Å². The van der Waals surface area contributed by atoms with E-state index in [2.05, 4.69) is 10.3 Å². The molecule has 3 heteroatoms. The van der Waals surface area contributed by atoms with Crippen LogP contribution in [-0.2, 0) is 4.79 Å². The topological polar surface area (TPSA) is 42.0 Å². The molecule has 2 aromatic rings. The van der Waals surface area contributed by atoms with Gasteiger partial charge in [0.05, 0.1) is 0 Å². The summed E-state index contributed by atoms with van der Waals surface area (Å²) in [6.07, 6.45) is 6.61. The maximum Gasteiger partial charge on any atom is 0.248 e. The van der Waals surface area contributed by atoms with E-state index in [1.54, 1.807) is 18.5 Å². The van der Waals surface area contributed by atoms with E-state index < -0.39 is 0 Å². The second-order valence-electron chi connectivity index (χ2n) is 3.47. The Balaban J connectivity index is 1.96. The van der Waals surface area contributed by atoms with Crippen molar-refractivity contribution in [2.45, 2.75) is 0 Å². The molecule has 0 aliphatic rings. The highest BCUT2D eigenvalue weighted by atomic mass is 16.1. The van der Waals surface area contributed by atoms with Crippen LogP contribution in [0.15, 0.2) is 60.9 Å². The van der Waals surface area contributed by atoms with Gasteiger partial charge < -0.3 is 5.32 Å². The van der Waals surface area contributed by atoms with E-state index in [1.807, 2.05) is 42.5 Å². The molecular weight excluding hydrogens is 212 g/mol. The number of hydrogen-bond acceptors (Lipinski definition) is 2. The van der Waals surface area contributed by atoms with Gasteiger partial charge in [0.2, 0.25) is 5.91 Å². The van der Waals surface area contributed by atoms with Crippen LogP contribution in [0.5, 0.6) is 0 Å². The Morgan fingerprint density at radius 2 is 1.94 bits per heavy atom. The van der Waals surface area contributed by atoms with Gasteiger partial charge >= 0.3 is 0 Å². The number of amides is 1. The maximum atomic E-state index is 11.6. The Bertz CT molecular complexity index is 506. The van der Waals surface area contributed by atoms with Crippen LogP contribution in [0.3, 0.4) is 0 Å². The van der Waals surface area contributed by atoms with Gasteiger partial charge in [-0.15, -0.1) is 0 Å². The van der Waals surface area contributed by atoms with E-state index in [0.29, 0.717) is 0 Å². The van der Waals surface area contributed by atoms with Gasteiger partial charge in [-0.1, -0.05) is 24.3 Å². The van der Waals surface area contributed by atoms with Crippen molar-refractivity contribution in [2.75, 3.05) is 5.32 Å². The minimum Gasteiger partial charge on any atom is -0.323 e. The van der Waals surface area contributed by atoms with E-state index in [0.717, 1.165) is 11.3 Å². The molecule has 0 aliphatic carbocycles. The van der Waals surface area contributed by atoms with Gasteiger partial charge in [-0.3, -0.25) is 9.78 Å². The molecule has 1 aromatic carbocycles. The molecule has 17 heavy (non-hydrogen) atoms. The first-order valence-electron chi connectivity index (χ1n) is 5.29. The molecule has 0 spiro atoms. The molecule has 0 bridgehead atoms. The monoisotopic (exact) mass is 224 g/mol. The second-order valence-corrected chi connectivity index (χ2v) is 3.47. The lowest BCUT2D eigenvalue weighted by molar-refractivity contribution is -0.111. The third kappa shape index (κ3) is 3.57. The van der Waals surface area contributed by atoms with Gasteiger partial charge in [0.25, 0.3) is 0 Å². The Morgan fingerprint density at radius 1 is 1.12 bits per heavy atom. The second kappa shape index (κ2) is 5.61. The van der Waals surface area contributed by atoms with Gasteiger partial charge in [0.1, 0.15) is 0 Å². The fourth-order valence-corrected chi connectivity index (χ4v) is 1.35. The average molecular weight is 224 g/mol. The lowest BCUT2D eigenvalue weighted by Gasteiger charge is -2.00. The number of hydrogen-bond donors (Lipinski definition) is 1. The highest BCUT2D eigenvalue weighted by molar-refractivity contribution is 6.01. The first-order chi connectivity index (χ1) is 8.34. The highest BCUT2D eigenvalue weighted by Crippen LogP contribution is 2.05. The van der Waals surface area contributed by atoms with Crippen LogP contribution in [0.4, 0.5) is 5.69 Å². The number of aromatic nitrogens is 1. The number of carbonyl (C=O) groups is 1. The van der Waals surface area contributed by atoms with Crippen molar-refractivity contribution in [2.24, 2.45) is 0 Å². The van der Waals surface area contributed by atoms with Crippen LogP contribution in [0.25, 0.3) is 6.08 Å². The van der Waals surface area contributed by atoms with Crippen LogP contribution in [-0.4, -0.2) is 10.9 Å². The van der Waals surface area contributed by atoms with E-state index in [-0.39, 0.29) is 5.91 Å². The summed E-state index contributed by atoms with van der Waals surface area (Å²) in [4.78, 5) is 15.5. The smallest absolute Gasteiger partial charge is 0.248 e. The molecule has 0 atom stereocenters. The molecule has 1 amide bonds. The molecule has 1 aromatic heterocycles. The summed E-state index contributed by atoms with van der Waals surface area (Å²) in [5.74, 6) is -0.153. The molecule has 0 aliphatic heterocycles. The van der Waals surface area contributed by atoms with Crippen molar-refractivity contribution in [1.82, 2.24) is 4.98 Å². The summed E-state index contributed by atoms with van der Waals surface area (Å²) in [7, 11) is 0. The molecule has 0 saturated heterocycles. The number of pyridine rings is 1. The summed E-state index contributed by atoms with van der Waals surface area (Å²) < 4.78 is 0. The minimum absolute atomic E-state index is 0.153. The zero-order chi connectivity index (χ0) is 11.9. The van der Waals surface area contributed by atoms with Crippen LogP contribution < -0.4 is 5.32 Å². The van der Waals surface area contributed by atoms with E-state index in [4.69, 9.17) is 0 Å². The van der Waals surface area contributed by atoms with Crippen molar-refractivity contribution in [3.05, 3.63) is 66.5 Å². The van der Waals surface area contributed by atoms with Crippen molar-refractivity contribution in [1.29, 1.82) is 0 Å². The molecule has 84 valence electrons. The van der Waals surface area contributed by atoms with Crippen LogP contribution in [0.2, 0.25) is 0 Å². The number of para-hydroxylation sites is 1. The fourth-order valence-electron chi connectivity index (χ4n) is 1.35. The average Bonchev–Trinajstić information content (AvgIpc) is 2.39. The van der Waals surface area contributed by atoms with Gasteiger partial charge in [0, 0.05) is 24.2 Å². The zero-order valence-corrected chi connectivity index (χ0v) is 9.21. The lowest BCUT2D eigenvalue weighted by atomic mass is 10.2. The molecular formula is C14H12N2O. The molecule has 2 rings (SSSR count). The summed E-state index contributed by atoms with van der Waals surface area (Å²) in [5, 5.41) is 2.77. The summed E-state index contributed by atoms with van der Waals surface area (Å²) in [6.45, 7) is 0. The Morgan fingerprint density at radius 3 is 2.65 bits per heavy atom. The standard InChI is InChI=1S/C14H12N2O/c17-14(16-13-6-2-1-3-7-13)9-8-12-5-4-10-15-11-12/h1-11H,(H,16,17)/b9-8+. The largest absolute Gasteiger partial charge is 0.323 e. The van der Waals surface area contributed by atoms with E-state index >= 15 is 0 Å². The number of nitrogens with zero attached hydrogens (tertiary/aromatic N) is 1. The lowest BCUT2D eigenvalue weighted by Crippen LogP contribution is -2.07. The Hall–Kier alpha value is -2.42. The van der Waals surface area contributed by atoms with E-state index in [1.165, 1.54) is 6.08 Å². The zero-order valence-electron chi connectivity index (χ0n) is 9.21. The molecule has 3 nitrogen and oxygen atoms in total. The predicted octanol–water partition coefficient (Wildman–Crippen LogP) is 2.73. The number of carbonyl (C=O) groups excluding carboxylic acids is 1. The van der Waals surface area contributed by atoms with Crippen molar-refractivity contribution in [3.8, 4) is 0 Å². The number of rotatable bonds is 3. The quantitative estimate of drug-likeness (QED) is 0.814. The van der Waals surface area contributed by atoms with Crippen LogP contribution in [0, 0.1) is 0 Å². The maximum absolute atomic E-state index is 11.6. The predicted molar refractivity (Wildman–Crippen MR) is 68.3 cm³/mol. The summed E-state index contributed by atoms with van der Waals surface area (Å²) in [6, 6.07) is 13.1. The van der Waals surface area contributed by atoms with Crippen LogP contribution in [0.1, 0.15) is 5.56 Å². The summed E-state index contributed by atoms with van der Waals surface area (Å²) in [5.41, 5.74) is 1.68. The Kier molecular flexibility index (Phi) is 3.65. The van der Waals surface area contributed by atoms with Gasteiger partial charge in [-0.2, -0.15) is 0 Å². The third-order valence-corrected chi connectivity index (χ3v) is 2.15. The van der Waals surface area contributed by atoms with E-state index in [9.17, 15) is 4.79 Å². The minimum atomic E-state index is -0.153. The normalized spacial score (nSPS) is 10.4. The number of nitrogens with one attached hydrogen (secondary N) is 1. The van der Waals surface area contributed by atoms with Gasteiger partial charge in [-0.05, 0) is 29.8 Å². The first kappa shape index (κ1) is 11.1. The van der Waals surface area contributed by atoms with Gasteiger partial charge in [0.15, 0.2) is 0 Å². The molecule has 0 fully saturated rings. The molecule has 0 radical (unpaired) electrons. The van der Waals surface area contributed by atoms with Crippen molar-refractivity contribution < 1.29 is 4.79 Å². The number of anilines is 1. The van der Waals surface area contributed by atoms with Gasteiger partial charge in [-0.25, -0.2) is 0 Å². The summed E-state index contributed by atoms with van der Waals surface area (Å²) >= 11 is 0. The molecule has 1 N–H and O–H groups in total. The molecule has 0 unspecified atom stereocenters. The third-order valence-electron chi connectivity index (χ3n) is 2.15. The van der Waals surface area contributed by atoms with Crippen LogP contribution >= 0.6 is 0 Å². The molecule has 1 heterocycles.